The first-order valence-corrected chi connectivity index (χ1v) is 8.56. The minimum atomic E-state index is -5.19. The Morgan fingerprint density at radius 2 is 1.74 bits per heavy atom. The van der Waals surface area contributed by atoms with Gasteiger partial charge in [-0.15, -0.1) is 0 Å². The van der Waals surface area contributed by atoms with E-state index in [0.717, 1.165) is 30.3 Å². The number of carbonyl (C=O) groups excluding carboxylic acids is 2. The fraction of sp³-hybridized carbons (Fsp3) is 0.812. The van der Waals surface area contributed by atoms with Crippen LogP contribution in [-0.4, -0.2) is 79.9 Å². The monoisotopic (exact) mass is 399 g/mol. The molecule has 0 unspecified atom stereocenters. The SMILES string of the molecule is C[N+](C)(C)CCCCCC(=O)N[C@@H]1CN[C@@H](C(=O)O)C1.O=C([O-])C(F)(F)F. The quantitative estimate of drug-likeness (QED) is 0.374. The zero-order chi connectivity index (χ0) is 21.3. The van der Waals surface area contributed by atoms with Crippen LogP contribution in [0.25, 0.3) is 0 Å². The number of unbranched alkanes of at least 4 members (excludes halogenated alkanes) is 2. The molecule has 0 bridgehead atoms. The molecule has 0 aromatic carbocycles. The third-order valence-corrected chi connectivity index (χ3v) is 3.76. The van der Waals surface area contributed by atoms with Crippen molar-refractivity contribution in [3.63, 3.8) is 0 Å². The van der Waals surface area contributed by atoms with Gasteiger partial charge in [0.15, 0.2) is 0 Å². The van der Waals surface area contributed by atoms with Gasteiger partial charge in [0.25, 0.3) is 0 Å². The molecule has 0 saturated carbocycles. The maximum Gasteiger partial charge on any atom is 0.430 e. The van der Waals surface area contributed by atoms with Gasteiger partial charge in [-0.05, 0) is 25.7 Å². The van der Waals surface area contributed by atoms with Crippen LogP contribution in [0.15, 0.2) is 0 Å². The van der Waals surface area contributed by atoms with Gasteiger partial charge >= 0.3 is 12.1 Å². The number of hydrogen-bond acceptors (Lipinski definition) is 5. The lowest BCUT2D eigenvalue weighted by atomic mass is 10.1. The van der Waals surface area contributed by atoms with Crippen LogP contribution >= 0.6 is 0 Å². The maximum atomic E-state index is 11.7. The summed E-state index contributed by atoms with van der Waals surface area (Å²) in [5, 5.41) is 23.4. The zero-order valence-electron chi connectivity index (χ0n) is 15.8. The Morgan fingerprint density at radius 3 is 2.15 bits per heavy atom. The van der Waals surface area contributed by atoms with Gasteiger partial charge < -0.3 is 30.1 Å². The zero-order valence-corrected chi connectivity index (χ0v) is 15.8. The van der Waals surface area contributed by atoms with E-state index in [1.807, 2.05) is 0 Å². The van der Waals surface area contributed by atoms with Crippen LogP contribution in [0.5, 0.6) is 0 Å². The molecule has 1 fully saturated rings. The van der Waals surface area contributed by atoms with Crippen LogP contribution in [0.1, 0.15) is 32.1 Å². The highest BCUT2D eigenvalue weighted by molar-refractivity contribution is 5.77. The Bertz CT molecular complexity index is 507. The Morgan fingerprint density at radius 1 is 1.19 bits per heavy atom. The van der Waals surface area contributed by atoms with E-state index in [2.05, 4.69) is 31.8 Å². The van der Waals surface area contributed by atoms with Crippen LogP contribution < -0.4 is 15.7 Å². The number of halogens is 3. The van der Waals surface area contributed by atoms with E-state index in [-0.39, 0.29) is 11.9 Å². The van der Waals surface area contributed by atoms with Gasteiger partial charge in [-0.3, -0.25) is 9.59 Å². The summed E-state index contributed by atoms with van der Waals surface area (Å²) in [6.07, 6.45) is -1.10. The fourth-order valence-corrected chi connectivity index (χ4v) is 2.38. The number of amides is 1. The number of nitrogens with one attached hydrogen (secondary N) is 2. The van der Waals surface area contributed by atoms with E-state index < -0.39 is 24.2 Å². The van der Waals surface area contributed by atoms with Crippen molar-refractivity contribution in [1.82, 2.24) is 10.6 Å². The Balaban J connectivity index is 0.000000821. The predicted molar refractivity (Wildman–Crippen MR) is 88.4 cm³/mol. The lowest BCUT2D eigenvalue weighted by Crippen LogP contribution is -2.37. The highest BCUT2D eigenvalue weighted by Crippen LogP contribution is 2.11. The molecule has 2 atom stereocenters. The number of nitrogens with zero attached hydrogens (tertiary/aromatic N) is 1. The lowest BCUT2D eigenvalue weighted by molar-refractivity contribution is -0.870. The van der Waals surface area contributed by atoms with Gasteiger partial charge in [0.2, 0.25) is 5.91 Å². The highest BCUT2D eigenvalue weighted by Gasteiger charge is 2.30. The first-order valence-electron chi connectivity index (χ1n) is 8.56. The van der Waals surface area contributed by atoms with Crippen LogP contribution in [0, 0.1) is 0 Å². The van der Waals surface area contributed by atoms with Crippen LogP contribution in [0.2, 0.25) is 0 Å². The number of carboxylic acid groups (broad SMARTS) is 2. The maximum absolute atomic E-state index is 11.7. The number of aliphatic carboxylic acids is 2. The molecule has 0 radical (unpaired) electrons. The molecule has 3 N–H and O–H groups in total. The molecule has 11 heteroatoms. The van der Waals surface area contributed by atoms with Crippen molar-refractivity contribution >= 4 is 17.8 Å². The minimum Gasteiger partial charge on any atom is -0.542 e. The Hall–Kier alpha value is -1.88. The normalized spacial score (nSPS) is 19.8. The molecular weight excluding hydrogens is 371 g/mol. The van der Waals surface area contributed by atoms with Crippen LogP contribution in [0.3, 0.4) is 0 Å². The molecule has 27 heavy (non-hydrogen) atoms. The predicted octanol–water partition coefficient (Wildman–Crippen LogP) is -0.517. The molecule has 0 aromatic heterocycles. The van der Waals surface area contributed by atoms with Gasteiger partial charge in [-0.1, -0.05) is 0 Å². The average Bonchev–Trinajstić information content (AvgIpc) is 2.94. The number of carboxylic acids is 2. The third-order valence-electron chi connectivity index (χ3n) is 3.76. The van der Waals surface area contributed by atoms with Gasteiger partial charge in [0, 0.05) is 19.0 Å². The van der Waals surface area contributed by atoms with E-state index in [0.29, 0.717) is 19.4 Å². The Labute approximate surface area is 156 Å². The number of hydrogen-bond donors (Lipinski definition) is 3. The second-order valence-electron chi connectivity index (χ2n) is 7.41. The molecule has 158 valence electrons. The molecule has 1 rings (SSSR count). The molecule has 0 aliphatic carbocycles. The number of alkyl halides is 3. The average molecular weight is 399 g/mol. The summed E-state index contributed by atoms with van der Waals surface area (Å²) in [6, 6.07) is -0.570. The summed E-state index contributed by atoms with van der Waals surface area (Å²) in [4.78, 5) is 31.3. The van der Waals surface area contributed by atoms with Gasteiger partial charge in [-0.25, -0.2) is 0 Å². The van der Waals surface area contributed by atoms with Crippen molar-refractivity contribution in [2.24, 2.45) is 0 Å². The van der Waals surface area contributed by atoms with Gasteiger partial charge in [0.1, 0.15) is 12.0 Å². The smallest absolute Gasteiger partial charge is 0.430 e. The molecule has 0 spiro atoms. The number of quaternary nitrogens is 1. The summed E-state index contributed by atoms with van der Waals surface area (Å²) in [5.41, 5.74) is 0. The van der Waals surface area contributed by atoms with Crippen molar-refractivity contribution in [3.8, 4) is 0 Å². The molecule has 1 aliphatic rings. The summed E-state index contributed by atoms with van der Waals surface area (Å²) in [5.74, 6) is -3.82. The number of carbonyl (C=O) groups is 3. The highest BCUT2D eigenvalue weighted by atomic mass is 19.4. The van der Waals surface area contributed by atoms with E-state index in [1.54, 1.807) is 0 Å². The molecule has 1 heterocycles. The van der Waals surface area contributed by atoms with E-state index in [9.17, 15) is 22.8 Å². The van der Waals surface area contributed by atoms with Crippen LogP contribution in [0.4, 0.5) is 13.2 Å². The van der Waals surface area contributed by atoms with Crippen molar-refractivity contribution < 1.29 is 42.3 Å². The molecule has 8 nitrogen and oxygen atoms in total. The lowest BCUT2D eigenvalue weighted by Gasteiger charge is -2.23. The second kappa shape index (κ2) is 11.1. The van der Waals surface area contributed by atoms with Crippen LogP contribution in [-0.2, 0) is 14.4 Å². The summed E-state index contributed by atoms with van der Waals surface area (Å²) in [7, 11) is 6.50. The minimum absolute atomic E-state index is 0.0353. The van der Waals surface area contributed by atoms with Gasteiger partial charge in [0.05, 0.1) is 27.7 Å². The van der Waals surface area contributed by atoms with Crippen molar-refractivity contribution in [3.05, 3.63) is 0 Å². The van der Waals surface area contributed by atoms with Gasteiger partial charge in [-0.2, -0.15) is 13.2 Å². The van der Waals surface area contributed by atoms with E-state index >= 15 is 0 Å². The number of rotatable bonds is 8. The first-order chi connectivity index (χ1) is 12.2. The molecule has 0 aromatic rings. The van der Waals surface area contributed by atoms with E-state index in [4.69, 9.17) is 15.0 Å². The standard InChI is InChI=1S/C14H27N3O3.C2HF3O2/c1-17(2,3)8-6-4-5-7-13(18)16-11-9-12(14(19)20)15-10-11;3-2(4,5)1(6)7/h11-12,15H,4-10H2,1-3H3,(H-,16,18,19,20);(H,6,7)/t11-,12+;/m0./s1. The third kappa shape index (κ3) is 13.0. The van der Waals surface area contributed by atoms with Crippen molar-refractivity contribution in [2.45, 2.75) is 50.4 Å². The van der Waals surface area contributed by atoms with Crippen molar-refractivity contribution in [2.75, 3.05) is 34.2 Å². The van der Waals surface area contributed by atoms with Crippen molar-refractivity contribution in [1.29, 1.82) is 0 Å². The largest absolute Gasteiger partial charge is 0.542 e. The summed E-state index contributed by atoms with van der Waals surface area (Å²) >= 11 is 0. The molecule has 1 saturated heterocycles. The summed E-state index contributed by atoms with van der Waals surface area (Å²) in [6.45, 7) is 1.67. The first kappa shape index (κ1) is 25.1. The second-order valence-corrected chi connectivity index (χ2v) is 7.41. The molecule has 1 aliphatic heterocycles. The van der Waals surface area contributed by atoms with E-state index in [1.165, 1.54) is 0 Å². The fourth-order valence-electron chi connectivity index (χ4n) is 2.38. The molecular formula is C16H28F3N3O5. The molecule has 1 amide bonds. The Kier molecular flexibility index (Phi) is 10.3. The topological polar surface area (TPSA) is 119 Å². The summed E-state index contributed by atoms with van der Waals surface area (Å²) < 4.78 is 32.5.